The molecule has 0 spiro atoms. The Hall–Kier alpha value is -0.660. The highest BCUT2D eigenvalue weighted by Gasteiger charge is 2.39. The average Bonchev–Trinajstić information content (AvgIpc) is 2.71. The molecule has 2 aliphatic rings. The van der Waals surface area contributed by atoms with Crippen molar-refractivity contribution in [2.24, 2.45) is 5.92 Å². The molecule has 92 valence electrons. The van der Waals surface area contributed by atoms with E-state index in [0.29, 0.717) is 6.42 Å². The number of hydrogen-bond acceptors (Lipinski definition) is 5. The quantitative estimate of drug-likeness (QED) is 0.735. The number of carboxylic acid groups (broad SMARTS) is 1. The maximum Gasteiger partial charge on any atom is 0.306 e. The smallest absolute Gasteiger partial charge is 0.306 e. The third-order valence-corrected chi connectivity index (χ3v) is 4.62. The molecule has 3 atom stereocenters. The molecule has 0 aliphatic carbocycles. The summed E-state index contributed by atoms with van der Waals surface area (Å²) in [6.07, 6.45) is -0.574. The molecule has 0 radical (unpaired) electrons. The molecule has 2 aliphatic heterocycles. The van der Waals surface area contributed by atoms with E-state index in [-0.39, 0.29) is 30.5 Å². The van der Waals surface area contributed by atoms with Gasteiger partial charge in [-0.1, -0.05) is 0 Å². The molecule has 2 heterocycles. The predicted molar refractivity (Wildman–Crippen MR) is 53.6 cm³/mol. The summed E-state index contributed by atoms with van der Waals surface area (Å²) in [5.41, 5.74) is 0. The standard InChI is InChI=1S/C9H14O6S/c10-8(11)3-7-4-14-9(15-7)6-1-2-16(12,13)5-6/h6-7,9H,1-5H2,(H,10,11). The lowest BCUT2D eigenvalue weighted by Crippen LogP contribution is -2.24. The molecular formula is C9H14O6S. The van der Waals surface area contributed by atoms with Crippen LogP contribution in [0, 0.1) is 5.92 Å². The molecule has 7 heteroatoms. The zero-order chi connectivity index (χ0) is 11.8. The highest BCUT2D eigenvalue weighted by molar-refractivity contribution is 7.91. The Morgan fingerprint density at radius 2 is 2.19 bits per heavy atom. The molecule has 0 bridgehead atoms. The molecule has 2 rings (SSSR count). The monoisotopic (exact) mass is 250 g/mol. The summed E-state index contributed by atoms with van der Waals surface area (Å²) >= 11 is 0. The van der Waals surface area contributed by atoms with E-state index in [0.717, 1.165) is 0 Å². The number of hydrogen-bond donors (Lipinski definition) is 1. The van der Waals surface area contributed by atoms with Gasteiger partial charge in [-0.25, -0.2) is 8.42 Å². The molecule has 0 aromatic carbocycles. The normalized spacial score (nSPS) is 37.6. The molecule has 2 saturated heterocycles. The van der Waals surface area contributed by atoms with Crippen molar-refractivity contribution in [3.8, 4) is 0 Å². The van der Waals surface area contributed by atoms with Crippen LogP contribution in [0.2, 0.25) is 0 Å². The second-order valence-corrected chi connectivity index (χ2v) is 6.45. The Labute approximate surface area is 93.5 Å². The van der Waals surface area contributed by atoms with Crippen LogP contribution in [0.3, 0.4) is 0 Å². The number of sulfone groups is 1. The fourth-order valence-electron chi connectivity index (χ4n) is 2.06. The van der Waals surface area contributed by atoms with E-state index in [9.17, 15) is 13.2 Å². The van der Waals surface area contributed by atoms with Crippen LogP contribution >= 0.6 is 0 Å². The molecule has 6 nitrogen and oxygen atoms in total. The van der Waals surface area contributed by atoms with Crippen LogP contribution in [-0.4, -0.2) is 50.0 Å². The highest BCUT2D eigenvalue weighted by Crippen LogP contribution is 2.29. The molecule has 1 N–H and O–H groups in total. The van der Waals surface area contributed by atoms with Gasteiger partial charge < -0.3 is 14.6 Å². The first-order valence-corrected chi connectivity index (χ1v) is 6.98. The van der Waals surface area contributed by atoms with Crippen molar-refractivity contribution >= 4 is 15.8 Å². The minimum atomic E-state index is -2.95. The van der Waals surface area contributed by atoms with E-state index in [4.69, 9.17) is 14.6 Å². The van der Waals surface area contributed by atoms with Crippen molar-refractivity contribution in [3.05, 3.63) is 0 Å². The van der Waals surface area contributed by atoms with Crippen molar-refractivity contribution in [2.45, 2.75) is 25.2 Å². The van der Waals surface area contributed by atoms with E-state index >= 15 is 0 Å². The van der Waals surface area contributed by atoms with Gasteiger partial charge in [0, 0.05) is 5.92 Å². The van der Waals surface area contributed by atoms with E-state index in [1.165, 1.54) is 0 Å². The van der Waals surface area contributed by atoms with Crippen LogP contribution in [0.15, 0.2) is 0 Å². The molecule has 0 aromatic rings. The summed E-state index contributed by atoms with van der Waals surface area (Å²) in [5, 5.41) is 8.58. The van der Waals surface area contributed by atoms with Crippen LogP contribution < -0.4 is 0 Å². The fraction of sp³-hybridized carbons (Fsp3) is 0.889. The number of rotatable bonds is 3. The van der Waals surface area contributed by atoms with Gasteiger partial charge in [-0.3, -0.25) is 4.79 Å². The highest BCUT2D eigenvalue weighted by atomic mass is 32.2. The van der Waals surface area contributed by atoms with Gasteiger partial charge >= 0.3 is 5.97 Å². The number of aliphatic carboxylic acids is 1. The summed E-state index contributed by atoms with van der Waals surface area (Å²) < 4.78 is 33.2. The Morgan fingerprint density at radius 1 is 1.44 bits per heavy atom. The van der Waals surface area contributed by atoms with E-state index in [2.05, 4.69) is 0 Å². The first kappa shape index (κ1) is 11.8. The number of ether oxygens (including phenoxy) is 2. The maximum absolute atomic E-state index is 11.3. The lowest BCUT2D eigenvalue weighted by Gasteiger charge is -2.15. The molecule has 0 saturated carbocycles. The van der Waals surface area contributed by atoms with Gasteiger partial charge in [-0.05, 0) is 6.42 Å². The Morgan fingerprint density at radius 3 is 2.75 bits per heavy atom. The molecule has 16 heavy (non-hydrogen) atoms. The van der Waals surface area contributed by atoms with Crippen molar-refractivity contribution in [3.63, 3.8) is 0 Å². The minimum absolute atomic E-state index is 0.0808. The molecular weight excluding hydrogens is 236 g/mol. The summed E-state index contributed by atoms with van der Waals surface area (Å²) in [6.45, 7) is 0.230. The summed E-state index contributed by atoms with van der Waals surface area (Å²) in [4.78, 5) is 10.5. The zero-order valence-corrected chi connectivity index (χ0v) is 9.48. The van der Waals surface area contributed by atoms with E-state index < -0.39 is 28.2 Å². The average molecular weight is 250 g/mol. The van der Waals surface area contributed by atoms with Crippen LogP contribution in [0.1, 0.15) is 12.8 Å². The summed E-state index contributed by atoms with van der Waals surface area (Å²) in [7, 11) is -2.95. The molecule has 2 fully saturated rings. The van der Waals surface area contributed by atoms with E-state index in [1.807, 2.05) is 0 Å². The molecule has 0 amide bonds. The van der Waals surface area contributed by atoms with Gasteiger partial charge in [0.2, 0.25) is 0 Å². The lowest BCUT2D eigenvalue weighted by atomic mass is 10.1. The lowest BCUT2D eigenvalue weighted by molar-refractivity contribution is -0.141. The van der Waals surface area contributed by atoms with E-state index in [1.54, 1.807) is 0 Å². The largest absolute Gasteiger partial charge is 0.481 e. The summed E-state index contributed by atoms with van der Waals surface area (Å²) in [5.74, 6) is -0.834. The first-order chi connectivity index (χ1) is 7.46. The zero-order valence-electron chi connectivity index (χ0n) is 8.66. The fourth-order valence-corrected chi connectivity index (χ4v) is 3.86. The van der Waals surface area contributed by atoms with Crippen molar-refractivity contribution in [1.82, 2.24) is 0 Å². The molecule has 0 aromatic heterocycles. The van der Waals surface area contributed by atoms with Crippen molar-refractivity contribution in [2.75, 3.05) is 18.1 Å². The van der Waals surface area contributed by atoms with Crippen LogP contribution in [-0.2, 0) is 24.1 Å². The van der Waals surface area contributed by atoms with Gasteiger partial charge in [0.25, 0.3) is 0 Å². The van der Waals surface area contributed by atoms with Crippen molar-refractivity contribution < 1.29 is 27.8 Å². The van der Waals surface area contributed by atoms with Gasteiger partial charge in [0.1, 0.15) is 0 Å². The second kappa shape index (κ2) is 4.31. The van der Waals surface area contributed by atoms with Crippen LogP contribution in [0.4, 0.5) is 0 Å². The van der Waals surface area contributed by atoms with Crippen molar-refractivity contribution in [1.29, 1.82) is 0 Å². The van der Waals surface area contributed by atoms with Crippen LogP contribution in [0.25, 0.3) is 0 Å². The van der Waals surface area contributed by atoms with Crippen LogP contribution in [0.5, 0.6) is 0 Å². The first-order valence-electron chi connectivity index (χ1n) is 5.15. The maximum atomic E-state index is 11.3. The second-order valence-electron chi connectivity index (χ2n) is 4.22. The van der Waals surface area contributed by atoms with Gasteiger partial charge in [0.05, 0.1) is 30.6 Å². The Balaban J connectivity index is 1.87. The van der Waals surface area contributed by atoms with Gasteiger partial charge in [-0.2, -0.15) is 0 Å². The SMILES string of the molecule is O=C(O)CC1COC(C2CCS(=O)(=O)C2)O1. The third-order valence-electron chi connectivity index (χ3n) is 2.83. The molecule has 3 unspecified atom stereocenters. The predicted octanol–water partition coefficient (Wildman–Crippen LogP) is -0.363. The Kier molecular flexibility index (Phi) is 3.18. The third kappa shape index (κ3) is 2.72. The minimum Gasteiger partial charge on any atom is -0.481 e. The summed E-state index contributed by atoms with van der Waals surface area (Å²) in [6, 6.07) is 0. The van der Waals surface area contributed by atoms with Gasteiger partial charge in [-0.15, -0.1) is 0 Å². The number of carbonyl (C=O) groups is 1. The topological polar surface area (TPSA) is 89.9 Å². The Bertz CT molecular complexity index is 375. The number of carboxylic acids is 1. The van der Waals surface area contributed by atoms with Gasteiger partial charge in [0.15, 0.2) is 16.1 Å².